The van der Waals surface area contributed by atoms with E-state index in [1.807, 2.05) is 6.07 Å². The molecule has 0 fully saturated rings. The Balaban J connectivity index is 2.21. The molecule has 6 heteroatoms. The van der Waals surface area contributed by atoms with Gasteiger partial charge < -0.3 is 10.1 Å². The highest BCUT2D eigenvalue weighted by Crippen LogP contribution is 2.20. The predicted octanol–water partition coefficient (Wildman–Crippen LogP) is 2.99. The average molecular weight is 329 g/mol. The van der Waals surface area contributed by atoms with Crippen molar-refractivity contribution in [1.29, 1.82) is 0 Å². The first-order chi connectivity index (χ1) is 11.1. The lowest BCUT2D eigenvalue weighted by atomic mass is 10.1. The molecule has 2 aromatic carbocycles. The standard InChI is InChI=1S/C17H13ClN2O3/c1-23-9-16(21)20-12-4-2-10-3-5-15-14(6-11(18)8-19-15)17(22)13(10)7-12/h2-8H,9H2,1H3,(H,20,21). The third-order valence-corrected chi connectivity index (χ3v) is 3.61. The quantitative estimate of drug-likeness (QED) is 0.802. The van der Waals surface area contributed by atoms with Gasteiger partial charge >= 0.3 is 0 Å². The molecular weight excluding hydrogens is 316 g/mol. The molecule has 0 bridgehead atoms. The molecule has 1 amide bonds. The molecule has 1 aromatic heterocycles. The highest BCUT2D eigenvalue weighted by Gasteiger charge is 2.07. The maximum atomic E-state index is 12.8. The second kappa shape index (κ2) is 6.32. The summed E-state index contributed by atoms with van der Waals surface area (Å²) in [6, 6.07) is 10.4. The second-order valence-electron chi connectivity index (χ2n) is 5.03. The molecule has 5 nitrogen and oxygen atoms in total. The minimum absolute atomic E-state index is 0.0483. The summed E-state index contributed by atoms with van der Waals surface area (Å²) in [5.74, 6) is -0.283. The van der Waals surface area contributed by atoms with Crippen LogP contribution in [-0.4, -0.2) is 24.6 Å². The molecule has 0 atom stereocenters. The Morgan fingerprint density at radius 2 is 2.00 bits per heavy atom. The van der Waals surface area contributed by atoms with Crippen LogP contribution in [0, 0.1) is 0 Å². The Hall–Kier alpha value is -2.50. The van der Waals surface area contributed by atoms with E-state index in [0.717, 1.165) is 5.39 Å². The summed E-state index contributed by atoms with van der Waals surface area (Å²) in [6.45, 7) is -0.0483. The summed E-state index contributed by atoms with van der Waals surface area (Å²) in [5.41, 5.74) is 0.921. The van der Waals surface area contributed by atoms with Gasteiger partial charge in [0, 0.05) is 29.8 Å². The van der Waals surface area contributed by atoms with Gasteiger partial charge in [-0.3, -0.25) is 14.6 Å². The Morgan fingerprint density at radius 3 is 2.78 bits per heavy atom. The monoisotopic (exact) mass is 328 g/mol. The molecule has 3 rings (SSSR count). The van der Waals surface area contributed by atoms with Crippen LogP contribution in [0.4, 0.5) is 5.69 Å². The molecule has 1 heterocycles. The summed E-state index contributed by atoms with van der Waals surface area (Å²) in [7, 11) is 1.44. The molecule has 3 aromatic rings. The van der Waals surface area contributed by atoms with E-state index in [0.29, 0.717) is 27.0 Å². The van der Waals surface area contributed by atoms with Crippen LogP contribution in [0.3, 0.4) is 0 Å². The third-order valence-electron chi connectivity index (χ3n) is 3.41. The van der Waals surface area contributed by atoms with Gasteiger partial charge in [0.2, 0.25) is 5.91 Å². The van der Waals surface area contributed by atoms with Crippen molar-refractivity contribution in [3.63, 3.8) is 0 Å². The van der Waals surface area contributed by atoms with Gasteiger partial charge in [0.05, 0.1) is 10.5 Å². The first-order valence-corrected chi connectivity index (χ1v) is 7.27. The maximum Gasteiger partial charge on any atom is 0.250 e. The normalized spacial score (nSPS) is 10.9. The fourth-order valence-corrected chi connectivity index (χ4v) is 2.54. The fourth-order valence-electron chi connectivity index (χ4n) is 2.38. The predicted molar refractivity (Wildman–Crippen MR) is 91.0 cm³/mol. The molecule has 1 N–H and O–H groups in total. The van der Waals surface area contributed by atoms with Gasteiger partial charge in [0.1, 0.15) is 6.61 Å². The lowest BCUT2D eigenvalue weighted by Gasteiger charge is -2.04. The van der Waals surface area contributed by atoms with Crippen LogP contribution in [0.15, 0.2) is 47.4 Å². The average Bonchev–Trinajstić information content (AvgIpc) is 2.66. The number of halogens is 1. The fraction of sp³-hybridized carbons (Fsp3) is 0.118. The van der Waals surface area contributed by atoms with Crippen LogP contribution in [0.5, 0.6) is 0 Å². The van der Waals surface area contributed by atoms with Crippen molar-refractivity contribution in [2.45, 2.75) is 0 Å². The minimum Gasteiger partial charge on any atom is -0.375 e. The summed E-state index contributed by atoms with van der Waals surface area (Å²) in [6.07, 6.45) is 1.50. The van der Waals surface area contributed by atoms with Gasteiger partial charge in [-0.2, -0.15) is 0 Å². The second-order valence-corrected chi connectivity index (χ2v) is 5.47. The number of nitrogens with zero attached hydrogens (tertiary/aromatic N) is 1. The van der Waals surface area contributed by atoms with Crippen molar-refractivity contribution < 1.29 is 9.53 Å². The van der Waals surface area contributed by atoms with E-state index in [2.05, 4.69) is 10.3 Å². The van der Waals surface area contributed by atoms with E-state index < -0.39 is 0 Å². The van der Waals surface area contributed by atoms with Crippen LogP contribution >= 0.6 is 11.6 Å². The third kappa shape index (κ3) is 3.16. The number of fused-ring (bicyclic) bond motifs is 2. The van der Waals surface area contributed by atoms with E-state index in [1.54, 1.807) is 30.3 Å². The van der Waals surface area contributed by atoms with Gasteiger partial charge in [-0.15, -0.1) is 0 Å². The molecule has 0 saturated heterocycles. The Morgan fingerprint density at radius 1 is 1.22 bits per heavy atom. The molecule has 0 aliphatic heterocycles. The topological polar surface area (TPSA) is 68.3 Å². The molecule has 0 spiro atoms. The van der Waals surface area contributed by atoms with E-state index in [9.17, 15) is 9.59 Å². The zero-order valence-corrected chi connectivity index (χ0v) is 13.1. The summed E-state index contributed by atoms with van der Waals surface area (Å²) >= 11 is 5.95. The lowest BCUT2D eigenvalue weighted by molar-refractivity contribution is -0.119. The largest absolute Gasteiger partial charge is 0.375 e. The van der Waals surface area contributed by atoms with Gasteiger partial charge in [-0.25, -0.2) is 0 Å². The van der Waals surface area contributed by atoms with Crippen LogP contribution in [-0.2, 0) is 9.53 Å². The number of methoxy groups -OCH3 is 1. The smallest absolute Gasteiger partial charge is 0.250 e. The molecule has 0 aliphatic rings. The van der Waals surface area contributed by atoms with E-state index in [1.165, 1.54) is 13.3 Å². The summed E-state index contributed by atoms with van der Waals surface area (Å²) in [4.78, 5) is 28.6. The number of ether oxygens (including phenoxy) is 1. The van der Waals surface area contributed by atoms with E-state index in [-0.39, 0.29) is 17.9 Å². The number of hydrogen-bond donors (Lipinski definition) is 1. The SMILES string of the molecule is COCC(=O)Nc1ccc2ccc3ncc(Cl)cc3c(=O)c2c1. The number of pyridine rings is 1. The van der Waals surface area contributed by atoms with Crippen molar-refractivity contribution in [3.8, 4) is 0 Å². The number of amides is 1. The number of rotatable bonds is 3. The Kier molecular flexibility index (Phi) is 4.23. The van der Waals surface area contributed by atoms with E-state index in [4.69, 9.17) is 16.3 Å². The highest BCUT2D eigenvalue weighted by atomic mass is 35.5. The molecule has 0 unspecified atom stereocenters. The Bertz CT molecular complexity index is 973. The first-order valence-electron chi connectivity index (χ1n) is 6.89. The number of aromatic nitrogens is 1. The van der Waals surface area contributed by atoms with Gasteiger partial charge in [0.15, 0.2) is 5.43 Å². The van der Waals surface area contributed by atoms with Crippen LogP contribution in [0.2, 0.25) is 5.02 Å². The zero-order chi connectivity index (χ0) is 16.4. The number of nitrogens with one attached hydrogen (secondary N) is 1. The van der Waals surface area contributed by atoms with Crippen LogP contribution in [0.1, 0.15) is 0 Å². The van der Waals surface area contributed by atoms with Crippen molar-refractivity contribution in [2.75, 3.05) is 19.0 Å². The molecule has 23 heavy (non-hydrogen) atoms. The van der Waals surface area contributed by atoms with Gasteiger partial charge in [0.25, 0.3) is 0 Å². The Labute approximate surface area is 136 Å². The number of hydrogen-bond acceptors (Lipinski definition) is 4. The molecule has 0 saturated carbocycles. The van der Waals surface area contributed by atoms with Crippen LogP contribution in [0.25, 0.3) is 21.7 Å². The summed E-state index contributed by atoms with van der Waals surface area (Å²) in [5, 5.41) is 4.77. The number of carbonyl (C=O) groups excluding carboxylic acids is 1. The first kappa shape index (κ1) is 15.4. The molecule has 0 radical (unpaired) electrons. The van der Waals surface area contributed by atoms with Crippen LogP contribution < -0.4 is 10.7 Å². The minimum atomic E-state index is -0.283. The molecular formula is C17H13ClN2O3. The zero-order valence-electron chi connectivity index (χ0n) is 12.3. The molecule has 116 valence electrons. The van der Waals surface area contributed by atoms with E-state index >= 15 is 0 Å². The lowest BCUT2D eigenvalue weighted by Crippen LogP contribution is -2.17. The van der Waals surface area contributed by atoms with Crippen molar-refractivity contribution in [1.82, 2.24) is 4.98 Å². The van der Waals surface area contributed by atoms with Gasteiger partial charge in [-0.05, 0) is 29.7 Å². The van der Waals surface area contributed by atoms with Crippen molar-refractivity contribution in [3.05, 3.63) is 57.8 Å². The number of anilines is 1. The maximum absolute atomic E-state index is 12.8. The van der Waals surface area contributed by atoms with Gasteiger partial charge in [-0.1, -0.05) is 23.7 Å². The summed E-state index contributed by atoms with van der Waals surface area (Å²) < 4.78 is 4.78. The van der Waals surface area contributed by atoms with Crippen molar-refractivity contribution >= 4 is 44.9 Å². The molecule has 0 aliphatic carbocycles. The van der Waals surface area contributed by atoms with Crippen molar-refractivity contribution in [2.24, 2.45) is 0 Å². The number of benzene rings is 1. The number of carbonyl (C=O) groups is 1. The highest BCUT2D eigenvalue weighted by molar-refractivity contribution is 6.31.